The summed E-state index contributed by atoms with van der Waals surface area (Å²) < 4.78 is 5.42. The molecule has 2 unspecified atom stereocenters. The van der Waals surface area contributed by atoms with Gasteiger partial charge in [0.15, 0.2) is 5.78 Å². The van der Waals surface area contributed by atoms with Gasteiger partial charge in [-0.3, -0.25) is 9.69 Å². The predicted molar refractivity (Wildman–Crippen MR) is 134 cm³/mol. The maximum absolute atomic E-state index is 13.9. The molecular formula is C28H37N3O2. The number of hydrogen-bond donors (Lipinski definition) is 1. The van der Waals surface area contributed by atoms with Crippen molar-refractivity contribution in [2.45, 2.75) is 57.0 Å². The van der Waals surface area contributed by atoms with Gasteiger partial charge in [-0.15, -0.1) is 0 Å². The number of hydrogen-bond acceptors (Lipinski definition) is 5. The zero-order chi connectivity index (χ0) is 22.6. The second-order valence-electron chi connectivity index (χ2n) is 9.85. The van der Waals surface area contributed by atoms with Crippen molar-refractivity contribution >= 4 is 17.2 Å². The molecule has 1 N–H and O–H groups in total. The lowest BCUT2D eigenvalue weighted by Crippen LogP contribution is -2.60. The largest absolute Gasteiger partial charge is 0.497 e. The van der Waals surface area contributed by atoms with Crippen LogP contribution in [0.2, 0.25) is 0 Å². The van der Waals surface area contributed by atoms with Gasteiger partial charge < -0.3 is 15.0 Å². The minimum Gasteiger partial charge on any atom is -0.497 e. The normalized spacial score (nSPS) is 22.8. The maximum Gasteiger partial charge on any atom is 0.155 e. The topological polar surface area (TPSA) is 44.8 Å². The van der Waals surface area contributed by atoms with Crippen molar-refractivity contribution in [3.05, 3.63) is 54.1 Å². The molecule has 2 aromatic rings. The van der Waals surface area contributed by atoms with E-state index in [2.05, 4.69) is 57.6 Å². The molecule has 1 saturated heterocycles. The maximum atomic E-state index is 13.9. The Labute approximate surface area is 198 Å². The van der Waals surface area contributed by atoms with E-state index in [-0.39, 0.29) is 18.0 Å². The number of anilines is 2. The van der Waals surface area contributed by atoms with Gasteiger partial charge in [-0.2, -0.15) is 0 Å². The molecule has 2 fully saturated rings. The smallest absolute Gasteiger partial charge is 0.155 e. The Hall–Kier alpha value is -2.53. The lowest BCUT2D eigenvalue weighted by Gasteiger charge is -2.45. The number of aryl methyl sites for hydroxylation is 1. The number of fused-ring (bicyclic) bond motifs is 1. The fourth-order valence-corrected chi connectivity index (χ4v) is 6.03. The van der Waals surface area contributed by atoms with Crippen molar-refractivity contribution in [3.8, 4) is 5.75 Å². The number of methoxy groups -OCH3 is 1. The van der Waals surface area contributed by atoms with Gasteiger partial charge in [-0.25, -0.2) is 0 Å². The molecule has 1 aliphatic carbocycles. The number of nitrogens with zero attached hydrogens (tertiary/aromatic N) is 2. The molecule has 3 aliphatic rings. The van der Waals surface area contributed by atoms with Crippen LogP contribution in [0.25, 0.3) is 0 Å². The summed E-state index contributed by atoms with van der Waals surface area (Å²) in [5.74, 6) is 1.62. The minimum absolute atomic E-state index is 0.0334. The van der Waals surface area contributed by atoms with Crippen LogP contribution in [-0.2, 0) is 11.2 Å². The van der Waals surface area contributed by atoms with Gasteiger partial charge >= 0.3 is 0 Å². The van der Waals surface area contributed by atoms with Crippen molar-refractivity contribution in [2.24, 2.45) is 5.92 Å². The fourth-order valence-electron chi connectivity index (χ4n) is 6.03. The molecule has 0 aromatic heterocycles. The van der Waals surface area contributed by atoms with Crippen molar-refractivity contribution in [3.63, 3.8) is 0 Å². The average molecular weight is 448 g/mol. The van der Waals surface area contributed by atoms with Crippen LogP contribution in [0.15, 0.2) is 48.5 Å². The molecule has 33 heavy (non-hydrogen) atoms. The molecule has 5 heteroatoms. The van der Waals surface area contributed by atoms with E-state index in [4.69, 9.17) is 4.74 Å². The molecule has 176 valence electrons. The molecule has 5 rings (SSSR count). The highest BCUT2D eigenvalue weighted by atomic mass is 16.5. The zero-order valence-corrected chi connectivity index (χ0v) is 19.8. The summed E-state index contributed by atoms with van der Waals surface area (Å²) in [6.07, 6.45) is 7.90. The summed E-state index contributed by atoms with van der Waals surface area (Å²) in [7, 11) is 1.72. The standard InChI is InChI=1S/C28H37N3O2/c1-33-24-12-7-11-23(20-24)30-16-18-31(19-17-30)27(28(32)22-9-3-2-4-10-22)26-15-14-21-8-5-6-13-25(21)29-26/h5-8,11-13,20,22,26-27,29H,2-4,9-10,14-19H2,1H3. The van der Waals surface area contributed by atoms with E-state index >= 15 is 0 Å². The third-order valence-electron chi connectivity index (χ3n) is 7.89. The van der Waals surface area contributed by atoms with Crippen LogP contribution >= 0.6 is 0 Å². The average Bonchev–Trinajstić information content (AvgIpc) is 2.89. The summed E-state index contributed by atoms with van der Waals surface area (Å²) in [6, 6.07) is 17.1. The van der Waals surface area contributed by atoms with Crippen LogP contribution in [0.4, 0.5) is 11.4 Å². The number of carbonyl (C=O) groups is 1. The Balaban J connectivity index is 1.33. The molecule has 5 nitrogen and oxygen atoms in total. The lowest BCUT2D eigenvalue weighted by atomic mass is 9.80. The Kier molecular flexibility index (Phi) is 6.86. The second-order valence-corrected chi connectivity index (χ2v) is 9.85. The Morgan fingerprint density at radius 2 is 1.76 bits per heavy atom. The highest BCUT2D eigenvalue weighted by Crippen LogP contribution is 2.33. The van der Waals surface area contributed by atoms with Crippen LogP contribution in [0.3, 0.4) is 0 Å². The molecule has 0 radical (unpaired) electrons. The van der Waals surface area contributed by atoms with Gasteiger partial charge in [-0.05, 0) is 49.4 Å². The number of rotatable bonds is 6. The first kappa shape index (κ1) is 22.3. The van der Waals surface area contributed by atoms with E-state index in [0.717, 1.165) is 57.6 Å². The molecule has 0 spiro atoms. The lowest BCUT2D eigenvalue weighted by molar-refractivity contribution is -0.130. The number of nitrogens with one attached hydrogen (secondary N) is 1. The van der Waals surface area contributed by atoms with Crippen molar-refractivity contribution in [1.29, 1.82) is 0 Å². The van der Waals surface area contributed by atoms with Crippen LogP contribution in [0.1, 0.15) is 44.1 Å². The Morgan fingerprint density at radius 3 is 2.55 bits per heavy atom. The van der Waals surface area contributed by atoms with Crippen molar-refractivity contribution in [1.82, 2.24) is 4.90 Å². The molecule has 1 saturated carbocycles. The van der Waals surface area contributed by atoms with Gasteiger partial charge in [0.1, 0.15) is 5.75 Å². The monoisotopic (exact) mass is 447 g/mol. The fraction of sp³-hybridized carbons (Fsp3) is 0.536. The highest BCUT2D eigenvalue weighted by molar-refractivity contribution is 5.88. The Bertz CT molecular complexity index is 948. The number of ketones is 1. The van der Waals surface area contributed by atoms with E-state index < -0.39 is 0 Å². The van der Waals surface area contributed by atoms with Gasteiger partial charge in [-0.1, -0.05) is 43.5 Å². The summed E-state index contributed by atoms with van der Waals surface area (Å²) in [4.78, 5) is 18.8. The van der Waals surface area contributed by atoms with Gasteiger partial charge in [0.05, 0.1) is 13.2 Å². The number of carbonyl (C=O) groups excluding carboxylic acids is 1. The van der Waals surface area contributed by atoms with Gasteiger partial charge in [0.2, 0.25) is 0 Å². The summed E-state index contributed by atoms with van der Waals surface area (Å²) in [5.41, 5.74) is 3.79. The Morgan fingerprint density at radius 1 is 0.970 bits per heavy atom. The van der Waals surface area contributed by atoms with Gasteiger partial charge in [0, 0.05) is 55.6 Å². The summed E-state index contributed by atoms with van der Waals surface area (Å²) in [6.45, 7) is 3.70. The molecule has 0 amide bonds. The first-order chi connectivity index (χ1) is 16.2. The molecule has 2 heterocycles. The van der Waals surface area contributed by atoms with Crippen LogP contribution in [-0.4, -0.2) is 56.1 Å². The number of Topliss-reactive ketones (excluding diaryl/α,β-unsaturated/α-hetero) is 1. The van der Waals surface area contributed by atoms with Crippen molar-refractivity contribution in [2.75, 3.05) is 43.5 Å². The second kappa shape index (κ2) is 10.2. The molecule has 2 atom stereocenters. The van der Waals surface area contributed by atoms with Gasteiger partial charge in [0.25, 0.3) is 0 Å². The summed E-state index contributed by atoms with van der Waals surface area (Å²) in [5, 5.41) is 3.78. The number of para-hydroxylation sites is 1. The van der Waals surface area contributed by atoms with Crippen LogP contribution in [0.5, 0.6) is 5.75 Å². The SMILES string of the molecule is COc1cccc(N2CCN(C(C(=O)C3CCCCC3)C3CCc4ccccc4N3)CC2)c1. The number of ether oxygens (including phenoxy) is 1. The van der Waals surface area contributed by atoms with E-state index in [9.17, 15) is 4.79 Å². The van der Waals surface area contributed by atoms with Crippen LogP contribution in [0, 0.1) is 5.92 Å². The quantitative estimate of drug-likeness (QED) is 0.692. The van der Waals surface area contributed by atoms with E-state index in [1.54, 1.807) is 7.11 Å². The molecule has 0 bridgehead atoms. The van der Waals surface area contributed by atoms with Crippen LogP contribution < -0.4 is 15.0 Å². The van der Waals surface area contributed by atoms with Crippen molar-refractivity contribution < 1.29 is 9.53 Å². The predicted octanol–water partition coefficient (Wildman–Crippen LogP) is 4.76. The number of benzene rings is 2. The van der Waals surface area contributed by atoms with E-state index in [1.165, 1.54) is 36.2 Å². The van der Waals surface area contributed by atoms with E-state index in [1.807, 2.05) is 6.07 Å². The first-order valence-corrected chi connectivity index (χ1v) is 12.7. The summed E-state index contributed by atoms with van der Waals surface area (Å²) >= 11 is 0. The first-order valence-electron chi connectivity index (χ1n) is 12.7. The third kappa shape index (κ3) is 4.89. The minimum atomic E-state index is -0.0334. The molecular weight excluding hydrogens is 410 g/mol. The third-order valence-corrected chi connectivity index (χ3v) is 7.89. The zero-order valence-electron chi connectivity index (χ0n) is 19.8. The van der Waals surface area contributed by atoms with E-state index in [0.29, 0.717) is 5.78 Å². The highest BCUT2D eigenvalue weighted by Gasteiger charge is 2.40. The molecule has 2 aromatic carbocycles. The molecule has 2 aliphatic heterocycles. The number of piperazine rings is 1.